The molecule has 158 valence electrons. The van der Waals surface area contributed by atoms with E-state index in [-0.39, 0.29) is 23.1 Å². The SMILES string of the molecule is O=C(C[C@@H]1CC2(CCN(C(=O)c3cccs3)CC2)c2ccccc21)N1CCOCC1. The summed E-state index contributed by atoms with van der Waals surface area (Å²) in [7, 11) is 0. The van der Waals surface area contributed by atoms with Gasteiger partial charge in [-0.3, -0.25) is 9.59 Å². The molecular formula is C24H28N2O3S. The molecule has 6 heteroatoms. The summed E-state index contributed by atoms with van der Waals surface area (Å²) < 4.78 is 5.40. The number of amides is 2. The molecule has 0 unspecified atom stereocenters. The molecule has 1 aromatic heterocycles. The van der Waals surface area contributed by atoms with Crippen LogP contribution in [-0.4, -0.2) is 61.0 Å². The summed E-state index contributed by atoms with van der Waals surface area (Å²) in [6.07, 6.45) is 3.55. The first-order chi connectivity index (χ1) is 14.7. The zero-order chi connectivity index (χ0) is 20.6. The first-order valence-electron chi connectivity index (χ1n) is 10.9. The molecule has 30 heavy (non-hydrogen) atoms. The molecule has 2 fully saturated rings. The number of carbonyl (C=O) groups excluding carboxylic acids is 2. The number of morpholine rings is 1. The van der Waals surface area contributed by atoms with Crippen molar-refractivity contribution in [1.29, 1.82) is 0 Å². The van der Waals surface area contributed by atoms with Crippen LogP contribution in [0.5, 0.6) is 0 Å². The maximum Gasteiger partial charge on any atom is 0.263 e. The van der Waals surface area contributed by atoms with Crippen LogP contribution in [0.2, 0.25) is 0 Å². The second kappa shape index (κ2) is 8.16. The number of carbonyl (C=O) groups is 2. The summed E-state index contributed by atoms with van der Waals surface area (Å²) in [6.45, 7) is 4.27. The molecule has 1 spiro atoms. The molecular weight excluding hydrogens is 396 g/mol. The fraction of sp³-hybridized carbons (Fsp3) is 0.500. The Morgan fingerprint density at radius 3 is 2.50 bits per heavy atom. The number of benzene rings is 1. The molecule has 5 rings (SSSR count). The van der Waals surface area contributed by atoms with Crippen LogP contribution in [0.4, 0.5) is 0 Å². The maximum absolute atomic E-state index is 12.9. The molecule has 1 aromatic carbocycles. The summed E-state index contributed by atoms with van der Waals surface area (Å²) >= 11 is 1.52. The van der Waals surface area contributed by atoms with E-state index in [2.05, 4.69) is 24.3 Å². The van der Waals surface area contributed by atoms with Crippen molar-refractivity contribution in [3.8, 4) is 0 Å². The van der Waals surface area contributed by atoms with Gasteiger partial charge in [-0.15, -0.1) is 11.3 Å². The van der Waals surface area contributed by atoms with Gasteiger partial charge in [0.25, 0.3) is 5.91 Å². The largest absolute Gasteiger partial charge is 0.378 e. The zero-order valence-corrected chi connectivity index (χ0v) is 18.0. The van der Waals surface area contributed by atoms with Crippen LogP contribution in [0.15, 0.2) is 41.8 Å². The van der Waals surface area contributed by atoms with E-state index in [9.17, 15) is 9.59 Å². The van der Waals surface area contributed by atoms with Crippen molar-refractivity contribution in [2.75, 3.05) is 39.4 Å². The number of fused-ring (bicyclic) bond motifs is 2. The lowest BCUT2D eigenvalue weighted by Crippen LogP contribution is -2.44. The van der Waals surface area contributed by atoms with Gasteiger partial charge in [0.2, 0.25) is 5.91 Å². The maximum atomic E-state index is 12.9. The van der Waals surface area contributed by atoms with Crippen molar-refractivity contribution in [2.24, 2.45) is 0 Å². The number of thiophene rings is 1. The summed E-state index contributed by atoms with van der Waals surface area (Å²) in [5, 5.41) is 1.96. The Balaban J connectivity index is 1.31. The Morgan fingerprint density at radius 1 is 1.00 bits per heavy atom. The van der Waals surface area contributed by atoms with Crippen LogP contribution < -0.4 is 0 Å². The van der Waals surface area contributed by atoms with Gasteiger partial charge in [0, 0.05) is 32.6 Å². The number of ether oxygens (including phenoxy) is 1. The van der Waals surface area contributed by atoms with Crippen molar-refractivity contribution in [1.82, 2.24) is 9.80 Å². The molecule has 2 aliphatic heterocycles. The second-order valence-corrected chi connectivity index (χ2v) is 9.68. The van der Waals surface area contributed by atoms with Gasteiger partial charge >= 0.3 is 0 Å². The molecule has 2 amide bonds. The van der Waals surface area contributed by atoms with Crippen LogP contribution >= 0.6 is 11.3 Å². The minimum Gasteiger partial charge on any atom is -0.378 e. The lowest BCUT2D eigenvalue weighted by atomic mass is 9.73. The highest BCUT2D eigenvalue weighted by molar-refractivity contribution is 7.12. The third kappa shape index (κ3) is 3.56. The molecule has 2 saturated heterocycles. The van der Waals surface area contributed by atoms with Crippen LogP contribution in [0.25, 0.3) is 0 Å². The quantitative estimate of drug-likeness (QED) is 0.756. The van der Waals surface area contributed by atoms with E-state index in [0.29, 0.717) is 32.7 Å². The van der Waals surface area contributed by atoms with E-state index < -0.39 is 0 Å². The monoisotopic (exact) mass is 424 g/mol. The zero-order valence-electron chi connectivity index (χ0n) is 17.2. The lowest BCUT2D eigenvalue weighted by Gasteiger charge is -2.40. The molecule has 0 N–H and O–H groups in total. The number of hydrogen-bond acceptors (Lipinski definition) is 4. The normalized spacial score (nSPS) is 22.9. The molecule has 1 atom stereocenters. The fourth-order valence-corrected chi connectivity index (χ4v) is 6.22. The highest BCUT2D eigenvalue weighted by atomic mass is 32.1. The highest BCUT2D eigenvalue weighted by Gasteiger charge is 2.46. The molecule has 3 heterocycles. The Morgan fingerprint density at radius 2 is 1.77 bits per heavy atom. The minimum atomic E-state index is 0.0960. The van der Waals surface area contributed by atoms with Gasteiger partial charge < -0.3 is 14.5 Å². The summed E-state index contributed by atoms with van der Waals surface area (Å²) in [6, 6.07) is 12.5. The number of hydrogen-bond donors (Lipinski definition) is 0. The molecule has 0 saturated carbocycles. The highest BCUT2D eigenvalue weighted by Crippen LogP contribution is 2.52. The molecule has 1 aliphatic carbocycles. The summed E-state index contributed by atoms with van der Waals surface area (Å²) in [4.78, 5) is 30.5. The Kier molecular flexibility index (Phi) is 5.37. The lowest BCUT2D eigenvalue weighted by molar-refractivity contribution is -0.135. The van der Waals surface area contributed by atoms with Crippen molar-refractivity contribution in [3.63, 3.8) is 0 Å². The average molecular weight is 425 g/mol. The number of piperidine rings is 1. The molecule has 5 nitrogen and oxygen atoms in total. The van der Waals surface area contributed by atoms with Gasteiger partial charge in [-0.05, 0) is 53.2 Å². The van der Waals surface area contributed by atoms with Gasteiger partial charge in [0.1, 0.15) is 0 Å². The van der Waals surface area contributed by atoms with Gasteiger partial charge in [0.15, 0.2) is 0 Å². The van der Waals surface area contributed by atoms with Crippen molar-refractivity contribution in [2.45, 2.75) is 37.0 Å². The topological polar surface area (TPSA) is 49.9 Å². The van der Waals surface area contributed by atoms with Gasteiger partial charge in [-0.25, -0.2) is 0 Å². The predicted octanol–water partition coefficient (Wildman–Crippen LogP) is 3.66. The predicted molar refractivity (Wildman–Crippen MR) is 117 cm³/mol. The summed E-state index contributed by atoms with van der Waals surface area (Å²) in [5.41, 5.74) is 2.85. The van der Waals surface area contributed by atoms with Crippen LogP contribution in [0, 0.1) is 0 Å². The van der Waals surface area contributed by atoms with E-state index in [1.165, 1.54) is 22.5 Å². The number of nitrogens with zero attached hydrogens (tertiary/aromatic N) is 2. The smallest absolute Gasteiger partial charge is 0.263 e. The van der Waals surface area contributed by atoms with Gasteiger partial charge in [-0.2, -0.15) is 0 Å². The Bertz CT molecular complexity index is 912. The first-order valence-corrected chi connectivity index (χ1v) is 11.8. The van der Waals surface area contributed by atoms with E-state index in [4.69, 9.17) is 4.74 Å². The minimum absolute atomic E-state index is 0.0960. The first kappa shape index (κ1) is 19.8. The number of likely N-dealkylation sites (tertiary alicyclic amines) is 1. The molecule has 3 aliphatic rings. The average Bonchev–Trinajstić information content (AvgIpc) is 3.43. The standard InChI is InChI=1S/C24H28N2O3S/c27-22(25-11-13-29-14-12-25)16-18-17-24(20-5-2-1-4-19(18)20)7-9-26(10-8-24)23(28)21-6-3-15-30-21/h1-6,15,18H,7-14,16-17H2/t18-/m1/s1. The van der Waals surface area contributed by atoms with Crippen LogP contribution in [-0.2, 0) is 14.9 Å². The Labute approximate surface area is 181 Å². The van der Waals surface area contributed by atoms with Gasteiger partial charge in [-0.1, -0.05) is 30.3 Å². The van der Waals surface area contributed by atoms with Gasteiger partial charge in [0.05, 0.1) is 18.1 Å². The van der Waals surface area contributed by atoms with E-state index in [0.717, 1.165) is 37.2 Å². The fourth-order valence-electron chi connectivity index (χ4n) is 5.53. The Hall–Kier alpha value is -2.18. The summed E-state index contributed by atoms with van der Waals surface area (Å²) in [5.74, 6) is 0.682. The van der Waals surface area contributed by atoms with E-state index >= 15 is 0 Å². The molecule has 2 aromatic rings. The van der Waals surface area contributed by atoms with Crippen molar-refractivity contribution < 1.29 is 14.3 Å². The van der Waals surface area contributed by atoms with Crippen LogP contribution in [0.1, 0.15) is 52.4 Å². The van der Waals surface area contributed by atoms with Crippen LogP contribution in [0.3, 0.4) is 0 Å². The van der Waals surface area contributed by atoms with Crippen molar-refractivity contribution in [3.05, 3.63) is 57.8 Å². The molecule has 0 bridgehead atoms. The van der Waals surface area contributed by atoms with E-state index in [1.807, 2.05) is 27.3 Å². The third-order valence-electron chi connectivity index (χ3n) is 7.13. The molecule has 0 radical (unpaired) electrons. The van der Waals surface area contributed by atoms with E-state index in [1.54, 1.807) is 0 Å². The third-order valence-corrected chi connectivity index (χ3v) is 7.99. The number of rotatable bonds is 3. The second-order valence-electron chi connectivity index (χ2n) is 8.74. The van der Waals surface area contributed by atoms with Crippen molar-refractivity contribution >= 4 is 23.2 Å².